The Kier molecular flexibility index (Phi) is 4.51. The quantitative estimate of drug-likeness (QED) is 0.843. The maximum Gasteiger partial charge on any atom is 0.0517 e. The summed E-state index contributed by atoms with van der Waals surface area (Å²) >= 11 is 3.61. The third-order valence-corrected chi connectivity index (χ3v) is 4.37. The van der Waals surface area contributed by atoms with Gasteiger partial charge in [-0.05, 0) is 66.2 Å². The Morgan fingerprint density at radius 3 is 2.94 bits per heavy atom. The van der Waals surface area contributed by atoms with Crippen LogP contribution >= 0.6 is 15.9 Å². The molecule has 100 valence electrons. The van der Waals surface area contributed by atoms with Crippen LogP contribution in [0.4, 0.5) is 11.4 Å². The average Bonchev–Trinajstić information content (AvgIpc) is 2.35. The molecule has 0 bridgehead atoms. The topological polar surface area (TPSA) is 49.5 Å². The van der Waals surface area contributed by atoms with E-state index < -0.39 is 0 Å². The van der Waals surface area contributed by atoms with Gasteiger partial charge in [-0.2, -0.15) is 0 Å². The first-order valence-electron chi connectivity index (χ1n) is 6.56. The van der Waals surface area contributed by atoms with Crippen LogP contribution in [0.1, 0.15) is 31.2 Å². The Morgan fingerprint density at radius 2 is 2.22 bits per heavy atom. The lowest BCUT2D eigenvalue weighted by Gasteiger charge is -2.38. The maximum absolute atomic E-state index is 9.19. The summed E-state index contributed by atoms with van der Waals surface area (Å²) in [6, 6.07) is 4.58. The van der Waals surface area contributed by atoms with E-state index in [1.807, 2.05) is 13.0 Å². The summed E-state index contributed by atoms with van der Waals surface area (Å²) in [7, 11) is 0. The molecule has 0 aliphatic carbocycles. The molecule has 18 heavy (non-hydrogen) atoms. The lowest BCUT2D eigenvalue weighted by atomic mass is 9.98. The first-order valence-corrected chi connectivity index (χ1v) is 7.36. The van der Waals surface area contributed by atoms with Crippen LogP contribution in [0.2, 0.25) is 0 Å². The summed E-state index contributed by atoms with van der Waals surface area (Å²) in [5, 5.41) is 9.19. The summed E-state index contributed by atoms with van der Waals surface area (Å²) < 4.78 is 1.05. The second kappa shape index (κ2) is 5.93. The van der Waals surface area contributed by atoms with E-state index in [9.17, 15) is 5.11 Å². The highest BCUT2D eigenvalue weighted by molar-refractivity contribution is 9.10. The fourth-order valence-corrected chi connectivity index (χ4v) is 3.26. The number of benzene rings is 1. The fourth-order valence-electron chi connectivity index (χ4n) is 2.67. The number of hydrogen-bond acceptors (Lipinski definition) is 3. The molecular formula is C14H21BrN2O. The van der Waals surface area contributed by atoms with Crippen molar-refractivity contribution < 1.29 is 5.11 Å². The number of aryl methyl sites for hydroxylation is 1. The van der Waals surface area contributed by atoms with E-state index in [0.29, 0.717) is 6.04 Å². The second-order valence-corrected chi connectivity index (χ2v) is 5.87. The number of aliphatic hydroxyl groups excluding tert-OH is 1. The molecule has 1 aliphatic heterocycles. The molecule has 0 spiro atoms. The standard InChI is InChI=1S/C14H21BrN2O/c1-10-8-14(12(15)9-13(10)16)17-6-3-2-4-11(17)5-7-18/h8-9,11,18H,2-7,16H2,1H3. The van der Waals surface area contributed by atoms with Crippen molar-refractivity contribution in [2.24, 2.45) is 0 Å². The van der Waals surface area contributed by atoms with Gasteiger partial charge in [0.2, 0.25) is 0 Å². The average molecular weight is 313 g/mol. The molecule has 1 unspecified atom stereocenters. The SMILES string of the molecule is Cc1cc(N2CCCCC2CCO)c(Br)cc1N. The number of halogens is 1. The monoisotopic (exact) mass is 312 g/mol. The molecule has 0 amide bonds. The fraction of sp³-hybridized carbons (Fsp3) is 0.571. The summed E-state index contributed by atoms with van der Waals surface area (Å²) in [6.07, 6.45) is 4.48. The van der Waals surface area contributed by atoms with Gasteiger partial charge in [-0.3, -0.25) is 0 Å². The van der Waals surface area contributed by atoms with Crippen LogP contribution in [-0.4, -0.2) is 24.3 Å². The van der Waals surface area contributed by atoms with Crippen molar-refractivity contribution >= 4 is 27.3 Å². The molecule has 1 aromatic carbocycles. The lowest BCUT2D eigenvalue weighted by molar-refractivity contribution is 0.262. The van der Waals surface area contributed by atoms with E-state index in [1.165, 1.54) is 18.5 Å². The number of rotatable bonds is 3. The minimum absolute atomic E-state index is 0.257. The highest BCUT2D eigenvalue weighted by atomic mass is 79.9. The third-order valence-electron chi connectivity index (χ3n) is 3.73. The summed E-state index contributed by atoms with van der Waals surface area (Å²) in [5.41, 5.74) is 9.07. The van der Waals surface area contributed by atoms with E-state index in [0.717, 1.165) is 35.1 Å². The molecule has 2 rings (SSSR count). The Labute approximate surface area is 117 Å². The predicted molar refractivity (Wildman–Crippen MR) is 80.0 cm³/mol. The van der Waals surface area contributed by atoms with Crippen LogP contribution in [0.25, 0.3) is 0 Å². The maximum atomic E-state index is 9.19. The van der Waals surface area contributed by atoms with Gasteiger partial charge in [0, 0.05) is 29.4 Å². The number of anilines is 2. The van der Waals surface area contributed by atoms with Gasteiger partial charge in [-0.1, -0.05) is 0 Å². The summed E-state index contributed by atoms with van der Waals surface area (Å²) in [6.45, 7) is 3.36. The van der Waals surface area contributed by atoms with Crippen molar-refractivity contribution in [1.29, 1.82) is 0 Å². The zero-order chi connectivity index (χ0) is 13.1. The van der Waals surface area contributed by atoms with Gasteiger partial charge in [-0.15, -0.1) is 0 Å². The number of hydrogen-bond donors (Lipinski definition) is 2. The molecule has 4 heteroatoms. The molecule has 1 saturated heterocycles. The molecule has 3 N–H and O–H groups in total. The van der Waals surface area contributed by atoms with Crippen molar-refractivity contribution in [3.05, 3.63) is 22.2 Å². The van der Waals surface area contributed by atoms with Gasteiger partial charge in [0.25, 0.3) is 0 Å². The zero-order valence-electron chi connectivity index (χ0n) is 10.8. The van der Waals surface area contributed by atoms with Crippen LogP contribution in [0.3, 0.4) is 0 Å². The van der Waals surface area contributed by atoms with Gasteiger partial charge in [0.1, 0.15) is 0 Å². The number of aliphatic hydroxyl groups is 1. The van der Waals surface area contributed by atoms with Crippen LogP contribution in [0.5, 0.6) is 0 Å². The van der Waals surface area contributed by atoms with Crippen molar-refractivity contribution in [2.75, 3.05) is 23.8 Å². The highest BCUT2D eigenvalue weighted by Gasteiger charge is 2.24. The molecule has 1 fully saturated rings. The van der Waals surface area contributed by atoms with Crippen molar-refractivity contribution in [1.82, 2.24) is 0 Å². The van der Waals surface area contributed by atoms with E-state index >= 15 is 0 Å². The predicted octanol–water partition coefficient (Wildman–Crippen LogP) is 3.08. The molecule has 1 aliphatic rings. The van der Waals surface area contributed by atoms with Crippen LogP contribution in [-0.2, 0) is 0 Å². The molecule has 0 aromatic heterocycles. The van der Waals surface area contributed by atoms with Crippen LogP contribution in [0.15, 0.2) is 16.6 Å². The molecule has 0 radical (unpaired) electrons. The first kappa shape index (κ1) is 13.7. The van der Waals surface area contributed by atoms with Gasteiger partial charge >= 0.3 is 0 Å². The van der Waals surface area contributed by atoms with Gasteiger partial charge in [0.15, 0.2) is 0 Å². The smallest absolute Gasteiger partial charge is 0.0517 e. The molecule has 1 atom stereocenters. The third kappa shape index (κ3) is 2.81. The van der Waals surface area contributed by atoms with Gasteiger partial charge in [0.05, 0.1) is 5.69 Å². The van der Waals surface area contributed by atoms with Gasteiger partial charge in [-0.25, -0.2) is 0 Å². The molecule has 0 saturated carbocycles. The van der Waals surface area contributed by atoms with Gasteiger partial charge < -0.3 is 15.7 Å². The second-order valence-electron chi connectivity index (χ2n) is 5.02. The number of nitrogens with two attached hydrogens (primary N) is 1. The normalized spacial score (nSPS) is 20.2. The van der Waals surface area contributed by atoms with Crippen molar-refractivity contribution in [3.63, 3.8) is 0 Å². The van der Waals surface area contributed by atoms with E-state index in [1.54, 1.807) is 0 Å². The van der Waals surface area contributed by atoms with E-state index in [4.69, 9.17) is 5.73 Å². The minimum Gasteiger partial charge on any atom is -0.398 e. The Balaban J connectivity index is 2.30. The molecule has 1 aromatic rings. The van der Waals surface area contributed by atoms with Crippen molar-refractivity contribution in [3.8, 4) is 0 Å². The zero-order valence-corrected chi connectivity index (χ0v) is 12.4. The van der Waals surface area contributed by atoms with E-state index in [-0.39, 0.29) is 6.61 Å². The Hall–Kier alpha value is -0.740. The number of nitrogens with zero attached hydrogens (tertiary/aromatic N) is 1. The lowest BCUT2D eigenvalue weighted by Crippen LogP contribution is -2.40. The molecule has 3 nitrogen and oxygen atoms in total. The highest BCUT2D eigenvalue weighted by Crippen LogP contribution is 2.35. The Bertz CT molecular complexity index is 421. The van der Waals surface area contributed by atoms with Crippen molar-refractivity contribution in [2.45, 2.75) is 38.6 Å². The largest absolute Gasteiger partial charge is 0.398 e. The number of nitrogen functional groups attached to an aromatic ring is 1. The Morgan fingerprint density at radius 1 is 1.44 bits per heavy atom. The van der Waals surface area contributed by atoms with Crippen LogP contribution in [0, 0.1) is 6.92 Å². The first-order chi connectivity index (χ1) is 8.63. The summed E-state index contributed by atoms with van der Waals surface area (Å²) in [4.78, 5) is 2.41. The number of piperidine rings is 1. The minimum atomic E-state index is 0.257. The van der Waals surface area contributed by atoms with Crippen LogP contribution < -0.4 is 10.6 Å². The summed E-state index contributed by atoms with van der Waals surface area (Å²) in [5.74, 6) is 0. The molecular weight excluding hydrogens is 292 g/mol. The molecule has 1 heterocycles. The van der Waals surface area contributed by atoms with E-state index in [2.05, 4.69) is 26.9 Å².